The molecule has 1 heterocycles. The van der Waals surface area contributed by atoms with Gasteiger partial charge in [0.05, 0.1) is 0 Å². The van der Waals surface area contributed by atoms with E-state index in [2.05, 4.69) is 46.7 Å². The summed E-state index contributed by atoms with van der Waals surface area (Å²) < 4.78 is 0. The molecule has 1 aromatic heterocycles. The molecule has 4 N–H and O–H groups in total. The minimum Gasteiger partial charge on any atom is -0.465 e. The van der Waals surface area contributed by atoms with Gasteiger partial charge in [0.25, 0.3) is 0 Å². The molecule has 0 bridgehead atoms. The lowest BCUT2D eigenvalue weighted by molar-refractivity contribution is -0.117. The van der Waals surface area contributed by atoms with Gasteiger partial charge >= 0.3 is 6.09 Å². The second-order valence-corrected chi connectivity index (χ2v) is 10.9. The number of nitrogens with two attached hydrogens (primary N) is 1. The van der Waals surface area contributed by atoms with Gasteiger partial charge in [0.15, 0.2) is 0 Å². The van der Waals surface area contributed by atoms with Crippen LogP contribution in [0.3, 0.4) is 0 Å². The van der Waals surface area contributed by atoms with E-state index in [0.29, 0.717) is 12.2 Å². The maximum atomic E-state index is 12.9. The number of carboxylic acid groups (broad SMARTS) is 1. The number of nitrogens with one attached hydrogen (secondary N) is 1. The first-order valence-electron chi connectivity index (χ1n) is 13.5. The number of hydrogen-bond acceptors (Lipinski definition) is 4. The Morgan fingerprint density at radius 3 is 2.26 bits per heavy atom. The molecule has 5 rings (SSSR count). The number of rotatable bonds is 7. The van der Waals surface area contributed by atoms with Crippen molar-refractivity contribution >= 4 is 17.8 Å². The van der Waals surface area contributed by atoms with E-state index >= 15 is 0 Å². The van der Waals surface area contributed by atoms with Gasteiger partial charge in [0.2, 0.25) is 5.91 Å². The first-order valence-corrected chi connectivity index (χ1v) is 13.5. The summed E-state index contributed by atoms with van der Waals surface area (Å²) in [5, 5.41) is 12.2. The molecular weight excluding hydrogens is 476 g/mol. The van der Waals surface area contributed by atoms with Crippen LogP contribution in [0.25, 0.3) is 22.3 Å². The number of aromatic nitrogens is 1. The van der Waals surface area contributed by atoms with E-state index in [0.717, 1.165) is 60.8 Å². The summed E-state index contributed by atoms with van der Waals surface area (Å²) in [6.45, 7) is 0. The Morgan fingerprint density at radius 1 is 1.00 bits per heavy atom. The van der Waals surface area contributed by atoms with Crippen molar-refractivity contribution in [2.45, 2.75) is 62.9 Å². The highest BCUT2D eigenvalue weighted by atomic mass is 16.4. The van der Waals surface area contributed by atoms with Gasteiger partial charge in [-0.05, 0) is 79.2 Å². The van der Waals surface area contributed by atoms with E-state index in [1.54, 1.807) is 7.05 Å². The van der Waals surface area contributed by atoms with Gasteiger partial charge in [0, 0.05) is 36.8 Å². The van der Waals surface area contributed by atoms with Crippen LogP contribution in [0, 0.1) is 5.92 Å². The number of hydrogen-bond donors (Lipinski definition) is 3. The second-order valence-electron chi connectivity index (χ2n) is 10.9. The second kappa shape index (κ2) is 11.0. The maximum absolute atomic E-state index is 12.9. The molecule has 0 radical (unpaired) electrons. The standard InChI is InChI=1S/C31H36N4O3/c1-35(30(37)38)25-14-8-21(9-15-25)18-29(36)34-28-19-26(22-6-3-2-4-7-22)27(20-33-28)23-10-12-24(13-11-23)31(32)16-5-17-31/h2-4,6-7,10-13,19-21,25H,5,8-9,14-18,32H2,1H3,(H,37,38)(H,33,34,36). The molecule has 2 aliphatic carbocycles. The van der Waals surface area contributed by atoms with Crippen LogP contribution in [0.5, 0.6) is 0 Å². The SMILES string of the molecule is CN(C(=O)O)C1CCC(CC(=O)Nc2cc(-c3ccccc3)c(-c3ccc(C4(N)CCC4)cc3)cn2)CC1. The van der Waals surface area contributed by atoms with Gasteiger partial charge in [-0.2, -0.15) is 0 Å². The molecule has 7 nitrogen and oxygen atoms in total. The fourth-order valence-corrected chi connectivity index (χ4v) is 5.79. The smallest absolute Gasteiger partial charge is 0.407 e. The van der Waals surface area contributed by atoms with Crippen molar-refractivity contribution in [1.82, 2.24) is 9.88 Å². The largest absolute Gasteiger partial charge is 0.465 e. The molecule has 7 heteroatoms. The van der Waals surface area contributed by atoms with Crippen molar-refractivity contribution in [3.05, 3.63) is 72.4 Å². The van der Waals surface area contributed by atoms with Crippen LogP contribution >= 0.6 is 0 Å². The molecule has 0 spiro atoms. The summed E-state index contributed by atoms with van der Waals surface area (Å²) in [4.78, 5) is 30.1. The van der Waals surface area contributed by atoms with Gasteiger partial charge in [-0.3, -0.25) is 4.79 Å². The number of anilines is 1. The summed E-state index contributed by atoms with van der Waals surface area (Å²) in [5.74, 6) is 0.725. The van der Waals surface area contributed by atoms with Crippen molar-refractivity contribution in [1.29, 1.82) is 0 Å². The molecule has 38 heavy (non-hydrogen) atoms. The zero-order valence-electron chi connectivity index (χ0n) is 21.9. The molecule has 2 saturated carbocycles. The maximum Gasteiger partial charge on any atom is 0.407 e. The zero-order valence-corrected chi connectivity index (χ0v) is 21.9. The van der Waals surface area contributed by atoms with Gasteiger partial charge < -0.3 is 21.1 Å². The molecule has 2 aliphatic rings. The van der Waals surface area contributed by atoms with Crippen molar-refractivity contribution < 1.29 is 14.7 Å². The van der Waals surface area contributed by atoms with Crippen LogP contribution in [0.2, 0.25) is 0 Å². The van der Waals surface area contributed by atoms with Crippen molar-refractivity contribution in [3.8, 4) is 22.3 Å². The van der Waals surface area contributed by atoms with E-state index in [9.17, 15) is 14.7 Å². The topological polar surface area (TPSA) is 109 Å². The van der Waals surface area contributed by atoms with Gasteiger partial charge in [-0.15, -0.1) is 0 Å². The Labute approximate surface area is 224 Å². The zero-order chi connectivity index (χ0) is 26.7. The van der Waals surface area contributed by atoms with Crippen LogP contribution in [0.4, 0.5) is 10.6 Å². The molecular formula is C31H36N4O3. The Hall–Kier alpha value is -3.71. The van der Waals surface area contributed by atoms with Gasteiger partial charge in [-0.1, -0.05) is 54.6 Å². The third-order valence-corrected chi connectivity index (χ3v) is 8.41. The first kappa shape index (κ1) is 25.9. The predicted octanol–water partition coefficient (Wildman–Crippen LogP) is 6.25. The Bertz CT molecular complexity index is 1280. The average Bonchev–Trinajstić information content (AvgIpc) is 2.92. The molecule has 198 valence electrons. The quantitative estimate of drug-likeness (QED) is 0.347. The number of carbonyl (C=O) groups excluding carboxylic acids is 1. The molecule has 2 aromatic carbocycles. The Morgan fingerprint density at radius 2 is 1.66 bits per heavy atom. The van der Waals surface area contributed by atoms with Crippen LogP contribution < -0.4 is 11.1 Å². The predicted molar refractivity (Wildman–Crippen MR) is 150 cm³/mol. The highest BCUT2D eigenvalue weighted by molar-refractivity contribution is 5.92. The molecule has 0 saturated heterocycles. The molecule has 2 amide bonds. The first-order chi connectivity index (χ1) is 18.3. The van der Waals surface area contributed by atoms with E-state index < -0.39 is 6.09 Å². The monoisotopic (exact) mass is 512 g/mol. The number of nitrogens with zero attached hydrogens (tertiary/aromatic N) is 2. The Kier molecular flexibility index (Phi) is 7.47. The summed E-state index contributed by atoms with van der Waals surface area (Å²) >= 11 is 0. The van der Waals surface area contributed by atoms with Crippen molar-refractivity contribution in [2.24, 2.45) is 11.7 Å². The van der Waals surface area contributed by atoms with Crippen LogP contribution in [-0.4, -0.2) is 40.1 Å². The lowest BCUT2D eigenvalue weighted by Crippen LogP contribution is -2.43. The number of pyridine rings is 1. The lowest BCUT2D eigenvalue weighted by Gasteiger charge is -2.38. The fraction of sp³-hybridized carbons (Fsp3) is 0.387. The van der Waals surface area contributed by atoms with Crippen LogP contribution in [-0.2, 0) is 10.3 Å². The van der Waals surface area contributed by atoms with Gasteiger partial charge in [-0.25, -0.2) is 9.78 Å². The van der Waals surface area contributed by atoms with E-state index in [1.807, 2.05) is 30.5 Å². The number of carbonyl (C=O) groups is 2. The van der Waals surface area contributed by atoms with E-state index in [-0.39, 0.29) is 23.4 Å². The third kappa shape index (κ3) is 5.58. The summed E-state index contributed by atoms with van der Waals surface area (Å²) in [5.41, 5.74) is 11.6. The molecule has 0 unspecified atom stereocenters. The molecule has 3 aromatic rings. The Balaban J connectivity index is 1.30. The van der Waals surface area contributed by atoms with Crippen molar-refractivity contribution in [3.63, 3.8) is 0 Å². The number of benzene rings is 2. The molecule has 0 atom stereocenters. The normalized spacial score (nSPS) is 20.3. The van der Waals surface area contributed by atoms with E-state index in [1.165, 1.54) is 16.9 Å². The van der Waals surface area contributed by atoms with Crippen molar-refractivity contribution in [2.75, 3.05) is 12.4 Å². The highest BCUT2D eigenvalue weighted by Gasteiger charge is 2.34. The van der Waals surface area contributed by atoms with E-state index in [4.69, 9.17) is 5.73 Å². The molecule has 2 fully saturated rings. The number of amides is 2. The highest BCUT2D eigenvalue weighted by Crippen LogP contribution is 2.40. The van der Waals surface area contributed by atoms with Crippen LogP contribution in [0.1, 0.15) is 56.9 Å². The molecule has 0 aliphatic heterocycles. The fourth-order valence-electron chi connectivity index (χ4n) is 5.79. The minimum atomic E-state index is -0.896. The third-order valence-electron chi connectivity index (χ3n) is 8.41. The lowest BCUT2D eigenvalue weighted by atomic mass is 9.72. The summed E-state index contributed by atoms with van der Waals surface area (Å²) in [6, 6.07) is 20.6. The van der Waals surface area contributed by atoms with Crippen LogP contribution in [0.15, 0.2) is 66.9 Å². The average molecular weight is 513 g/mol. The minimum absolute atomic E-state index is 0.0348. The summed E-state index contributed by atoms with van der Waals surface area (Å²) in [7, 11) is 1.62. The van der Waals surface area contributed by atoms with Gasteiger partial charge in [0.1, 0.15) is 5.82 Å². The summed E-state index contributed by atoms with van der Waals surface area (Å²) in [6.07, 6.45) is 7.85.